The molecule has 0 aromatic heterocycles. The van der Waals surface area contributed by atoms with E-state index >= 15 is 0 Å². The van der Waals surface area contributed by atoms with Crippen molar-refractivity contribution in [2.75, 3.05) is 7.11 Å². The lowest BCUT2D eigenvalue weighted by Gasteiger charge is -2.07. The average molecular weight is 316 g/mol. The minimum absolute atomic E-state index is 0.151. The van der Waals surface area contributed by atoms with Gasteiger partial charge in [-0.1, -0.05) is 12.1 Å². The number of Topliss-reactive ketones (excluding diaryl/α,β-unsaturated/α-hetero) is 1. The molecule has 1 aliphatic rings. The van der Waals surface area contributed by atoms with E-state index in [0.29, 0.717) is 11.3 Å². The number of carboxylic acids is 1. The predicted octanol–water partition coefficient (Wildman–Crippen LogP) is 2.34. The summed E-state index contributed by atoms with van der Waals surface area (Å²) in [7, 11) is 1.56. The predicted molar refractivity (Wildman–Crippen MR) is 81.6 cm³/mol. The molecule has 120 valence electrons. The van der Waals surface area contributed by atoms with E-state index in [1.54, 1.807) is 37.5 Å². The van der Waals surface area contributed by atoms with Crippen LogP contribution in [-0.4, -0.2) is 29.9 Å². The Morgan fingerprint density at radius 3 is 2.52 bits per heavy atom. The van der Waals surface area contributed by atoms with Crippen molar-refractivity contribution in [1.82, 2.24) is 0 Å². The first-order valence-corrected chi connectivity index (χ1v) is 7.01. The molecule has 0 bridgehead atoms. The molecule has 0 saturated carbocycles. The molecule has 0 radical (unpaired) electrons. The Morgan fingerprint density at radius 2 is 1.91 bits per heavy atom. The molecule has 1 aliphatic carbocycles. The Morgan fingerprint density at radius 1 is 1.22 bits per heavy atom. The summed E-state index contributed by atoms with van der Waals surface area (Å²) < 4.78 is 10.2. The van der Waals surface area contributed by atoms with Gasteiger partial charge in [0.25, 0.3) is 0 Å². The maximum atomic E-state index is 11.9. The van der Waals surface area contributed by atoms with Crippen LogP contribution in [0.25, 0.3) is 6.08 Å². The Bertz CT molecular complexity index is 682. The summed E-state index contributed by atoms with van der Waals surface area (Å²) >= 11 is 0. The molecular weight excluding hydrogens is 300 g/mol. The minimum atomic E-state index is -1.08. The van der Waals surface area contributed by atoms with Gasteiger partial charge in [0.15, 0.2) is 5.78 Å². The van der Waals surface area contributed by atoms with Crippen LogP contribution >= 0.6 is 0 Å². The second-order valence-electron chi connectivity index (χ2n) is 4.89. The van der Waals surface area contributed by atoms with Gasteiger partial charge in [-0.3, -0.25) is 14.4 Å². The number of methoxy groups -OCH3 is 1. The number of carbonyl (C=O) groups is 3. The van der Waals surface area contributed by atoms with Crippen molar-refractivity contribution >= 4 is 23.8 Å². The second-order valence-corrected chi connectivity index (χ2v) is 4.89. The van der Waals surface area contributed by atoms with Crippen molar-refractivity contribution < 1.29 is 29.0 Å². The molecule has 0 fully saturated rings. The zero-order chi connectivity index (χ0) is 16.8. The fraction of sp³-hybridized carbons (Fsp3) is 0.235. The van der Waals surface area contributed by atoms with Gasteiger partial charge < -0.3 is 14.6 Å². The van der Waals surface area contributed by atoms with E-state index in [9.17, 15) is 14.4 Å². The zero-order valence-electron chi connectivity index (χ0n) is 12.6. The fourth-order valence-corrected chi connectivity index (χ4v) is 2.04. The lowest BCUT2D eigenvalue weighted by atomic mass is 10.1. The number of rotatable bonds is 6. The molecule has 1 aromatic rings. The molecule has 1 aromatic carbocycles. The molecule has 0 heterocycles. The van der Waals surface area contributed by atoms with E-state index < -0.39 is 11.9 Å². The van der Waals surface area contributed by atoms with Crippen LogP contribution in [0, 0.1) is 0 Å². The van der Waals surface area contributed by atoms with Gasteiger partial charge >= 0.3 is 11.9 Å². The van der Waals surface area contributed by atoms with E-state index in [-0.39, 0.29) is 30.8 Å². The van der Waals surface area contributed by atoms with Gasteiger partial charge in [0.2, 0.25) is 0 Å². The third kappa shape index (κ3) is 4.54. The highest BCUT2D eigenvalue weighted by atomic mass is 16.5. The van der Waals surface area contributed by atoms with Gasteiger partial charge in [-0.05, 0) is 29.8 Å². The summed E-state index contributed by atoms with van der Waals surface area (Å²) in [6.07, 6.45) is 2.76. The molecule has 0 atom stereocenters. The summed E-state index contributed by atoms with van der Waals surface area (Å²) in [5.41, 5.74) is 1.07. The fourth-order valence-electron chi connectivity index (χ4n) is 2.04. The highest BCUT2D eigenvalue weighted by molar-refractivity contribution is 6.07. The number of benzene rings is 1. The molecular formula is C17H16O6. The van der Waals surface area contributed by atoms with Gasteiger partial charge in [0, 0.05) is 6.42 Å². The first-order chi connectivity index (χ1) is 11.0. The summed E-state index contributed by atoms with van der Waals surface area (Å²) in [5, 5.41) is 8.56. The van der Waals surface area contributed by atoms with Crippen LogP contribution in [0.3, 0.4) is 0 Å². The number of esters is 1. The summed E-state index contributed by atoms with van der Waals surface area (Å²) in [5.74, 6) is -1.02. The number of ketones is 1. The van der Waals surface area contributed by atoms with Crippen molar-refractivity contribution in [2.24, 2.45) is 0 Å². The smallest absolute Gasteiger partial charge is 0.311 e. The van der Waals surface area contributed by atoms with Gasteiger partial charge in [0.1, 0.15) is 11.5 Å². The Hall–Kier alpha value is -2.89. The van der Waals surface area contributed by atoms with Crippen molar-refractivity contribution in [3.63, 3.8) is 0 Å². The standard InChI is InChI=1S/C17H16O6/c1-22-12-4-2-11(3-5-12)10-13-14(18)6-7-15(13)23-17(21)9-8-16(19)20/h2-5,7,10H,6,8-9H2,1H3,(H,19,20). The maximum Gasteiger partial charge on any atom is 0.311 e. The number of carbonyl (C=O) groups excluding carboxylic acids is 2. The van der Waals surface area contributed by atoms with Crippen molar-refractivity contribution in [3.8, 4) is 5.75 Å². The zero-order valence-corrected chi connectivity index (χ0v) is 12.6. The van der Waals surface area contributed by atoms with Crippen LogP contribution in [0.2, 0.25) is 0 Å². The Kier molecular flexibility index (Phi) is 5.30. The summed E-state index contributed by atoms with van der Waals surface area (Å²) in [4.78, 5) is 34.0. The van der Waals surface area contributed by atoms with E-state index in [2.05, 4.69) is 0 Å². The van der Waals surface area contributed by atoms with Crippen molar-refractivity contribution in [2.45, 2.75) is 19.3 Å². The number of carboxylic acid groups (broad SMARTS) is 1. The van der Waals surface area contributed by atoms with Crippen molar-refractivity contribution in [3.05, 3.63) is 47.2 Å². The lowest BCUT2D eigenvalue weighted by Crippen LogP contribution is -2.08. The highest BCUT2D eigenvalue weighted by Crippen LogP contribution is 2.26. The summed E-state index contributed by atoms with van der Waals surface area (Å²) in [6, 6.07) is 7.07. The van der Waals surface area contributed by atoms with Crippen LogP contribution < -0.4 is 4.74 Å². The van der Waals surface area contributed by atoms with Crippen LogP contribution in [0.15, 0.2) is 41.7 Å². The van der Waals surface area contributed by atoms with E-state index in [1.807, 2.05) is 0 Å². The van der Waals surface area contributed by atoms with Crippen LogP contribution in [-0.2, 0) is 19.1 Å². The number of hydrogen-bond acceptors (Lipinski definition) is 5. The van der Waals surface area contributed by atoms with Crippen LogP contribution in [0.4, 0.5) is 0 Å². The van der Waals surface area contributed by atoms with Gasteiger partial charge in [-0.25, -0.2) is 0 Å². The largest absolute Gasteiger partial charge is 0.497 e. The van der Waals surface area contributed by atoms with Crippen LogP contribution in [0.5, 0.6) is 5.75 Å². The number of aliphatic carboxylic acids is 1. The third-order valence-corrected chi connectivity index (χ3v) is 3.23. The highest BCUT2D eigenvalue weighted by Gasteiger charge is 2.24. The van der Waals surface area contributed by atoms with Crippen molar-refractivity contribution in [1.29, 1.82) is 0 Å². The van der Waals surface area contributed by atoms with Gasteiger partial charge in [-0.15, -0.1) is 0 Å². The maximum absolute atomic E-state index is 11.9. The molecule has 6 nitrogen and oxygen atoms in total. The number of ether oxygens (including phenoxy) is 2. The van der Waals surface area contributed by atoms with E-state index in [0.717, 1.165) is 5.56 Å². The average Bonchev–Trinajstić information content (AvgIpc) is 2.87. The topological polar surface area (TPSA) is 89.9 Å². The SMILES string of the molecule is COc1ccc(C=C2C(=O)CC=C2OC(=O)CCC(=O)O)cc1. The lowest BCUT2D eigenvalue weighted by molar-refractivity contribution is -0.144. The molecule has 0 unspecified atom stereocenters. The molecule has 6 heteroatoms. The quantitative estimate of drug-likeness (QED) is 0.640. The summed E-state index contributed by atoms with van der Waals surface area (Å²) in [6.45, 7) is 0. The molecule has 1 N–H and O–H groups in total. The minimum Gasteiger partial charge on any atom is -0.497 e. The van der Waals surface area contributed by atoms with Crippen LogP contribution in [0.1, 0.15) is 24.8 Å². The monoisotopic (exact) mass is 316 g/mol. The van der Waals surface area contributed by atoms with Gasteiger partial charge in [0.05, 0.1) is 25.5 Å². The Balaban J connectivity index is 2.10. The second kappa shape index (κ2) is 7.40. The molecule has 0 spiro atoms. The normalized spacial score (nSPS) is 15.4. The molecule has 23 heavy (non-hydrogen) atoms. The molecule has 2 rings (SSSR count). The first kappa shape index (κ1) is 16.5. The van der Waals surface area contributed by atoms with Gasteiger partial charge in [-0.2, -0.15) is 0 Å². The van der Waals surface area contributed by atoms with E-state index in [4.69, 9.17) is 14.6 Å². The molecule has 0 amide bonds. The Labute approximate surface area is 133 Å². The van der Waals surface area contributed by atoms with E-state index in [1.165, 1.54) is 6.08 Å². The third-order valence-electron chi connectivity index (χ3n) is 3.23. The number of allylic oxidation sites excluding steroid dienone is 2. The molecule has 0 aliphatic heterocycles. The first-order valence-electron chi connectivity index (χ1n) is 7.01. The number of hydrogen-bond donors (Lipinski definition) is 1. The molecule has 0 saturated heterocycles.